The molecule has 0 saturated carbocycles. The summed E-state index contributed by atoms with van der Waals surface area (Å²) in [5, 5.41) is 16.2. The second-order valence-electron chi connectivity index (χ2n) is 6.48. The molecule has 6 nitrogen and oxygen atoms in total. The van der Waals surface area contributed by atoms with Crippen molar-refractivity contribution in [2.24, 2.45) is 5.41 Å². The fourth-order valence-electron chi connectivity index (χ4n) is 2.28. The Hall–Kier alpha value is -2.63. The highest BCUT2D eigenvalue weighted by Crippen LogP contribution is 2.18. The number of nitrogens with zero attached hydrogens (tertiary/aromatic N) is 2. The van der Waals surface area contributed by atoms with Crippen LogP contribution in [0.1, 0.15) is 42.4 Å². The molecule has 6 heteroatoms. The number of carbonyl (C=O) groups is 2. The topological polar surface area (TPSA) is 84.2 Å². The van der Waals surface area contributed by atoms with E-state index >= 15 is 0 Å². The summed E-state index contributed by atoms with van der Waals surface area (Å²) in [6.45, 7) is 7.18. The lowest BCUT2D eigenvalue weighted by atomic mass is 9.94. The van der Waals surface area contributed by atoms with Gasteiger partial charge >= 0.3 is 5.97 Å². The van der Waals surface area contributed by atoms with Gasteiger partial charge in [-0.25, -0.2) is 4.68 Å². The Kier molecular flexibility index (Phi) is 5.07. The second kappa shape index (κ2) is 6.86. The number of aryl methyl sites for hydroxylation is 1. The van der Waals surface area contributed by atoms with Crippen LogP contribution in [0.5, 0.6) is 0 Å². The van der Waals surface area contributed by atoms with E-state index in [-0.39, 0.29) is 12.5 Å². The largest absolute Gasteiger partial charge is 0.481 e. The molecule has 128 valence electrons. The number of aromatic nitrogens is 2. The number of hydrogen-bond donors (Lipinski definition) is 2. The van der Waals surface area contributed by atoms with Crippen molar-refractivity contribution in [2.45, 2.75) is 34.1 Å². The van der Waals surface area contributed by atoms with Crippen molar-refractivity contribution in [1.82, 2.24) is 15.1 Å². The summed E-state index contributed by atoms with van der Waals surface area (Å²) < 4.78 is 1.75. The molecule has 2 rings (SSSR count). The Morgan fingerprint density at radius 2 is 1.88 bits per heavy atom. The normalized spacial score (nSPS) is 11.3. The molecule has 0 aliphatic rings. The van der Waals surface area contributed by atoms with Crippen LogP contribution in [0.25, 0.3) is 5.69 Å². The van der Waals surface area contributed by atoms with Gasteiger partial charge in [-0.3, -0.25) is 9.59 Å². The zero-order valence-corrected chi connectivity index (χ0v) is 14.5. The number of rotatable bonds is 6. The van der Waals surface area contributed by atoms with Gasteiger partial charge in [0.05, 0.1) is 28.6 Å². The van der Waals surface area contributed by atoms with Gasteiger partial charge in [-0.1, -0.05) is 24.6 Å². The Morgan fingerprint density at radius 3 is 2.42 bits per heavy atom. The number of aliphatic carboxylic acids is 1. The molecular weight excluding hydrogens is 306 g/mol. The van der Waals surface area contributed by atoms with Crippen LogP contribution in [0.4, 0.5) is 0 Å². The van der Waals surface area contributed by atoms with Crippen molar-refractivity contribution < 1.29 is 14.7 Å². The first-order valence-electron chi connectivity index (χ1n) is 7.92. The van der Waals surface area contributed by atoms with Crippen molar-refractivity contribution in [1.29, 1.82) is 0 Å². The molecule has 1 aromatic carbocycles. The van der Waals surface area contributed by atoms with Gasteiger partial charge in [0.1, 0.15) is 0 Å². The maximum atomic E-state index is 12.4. The van der Waals surface area contributed by atoms with Crippen LogP contribution >= 0.6 is 0 Å². The molecule has 0 bridgehead atoms. The Morgan fingerprint density at radius 1 is 1.25 bits per heavy atom. The third-order valence-electron chi connectivity index (χ3n) is 4.00. The molecule has 0 spiro atoms. The summed E-state index contributed by atoms with van der Waals surface area (Å²) in [7, 11) is 0. The Balaban J connectivity index is 2.24. The van der Waals surface area contributed by atoms with Gasteiger partial charge in [-0.2, -0.15) is 5.10 Å². The van der Waals surface area contributed by atoms with Gasteiger partial charge in [0.25, 0.3) is 5.91 Å². The summed E-state index contributed by atoms with van der Waals surface area (Å²) >= 11 is 0. The molecule has 0 aliphatic carbocycles. The van der Waals surface area contributed by atoms with Crippen molar-refractivity contribution in [2.75, 3.05) is 6.54 Å². The van der Waals surface area contributed by atoms with E-state index in [4.69, 9.17) is 5.11 Å². The molecule has 2 N–H and O–H groups in total. The number of amides is 1. The predicted octanol–water partition coefficient (Wildman–Crippen LogP) is 2.58. The van der Waals surface area contributed by atoms with Crippen LogP contribution in [0.3, 0.4) is 0 Å². The smallest absolute Gasteiger partial charge is 0.310 e. The SMILES string of the molecule is CCc1c(C(=O)NCC(C)(C)C(=O)O)cnn1-c1ccc(C)cc1. The summed E-state index contributed by atoms with van der Waals surface area (Å²) in [5.41, 5.74) is 2.29. The maximum Gasteiger partial charge on any atom is 0.310 e. The van der Waals surface area contributed by atoms with Gasteiger partial charge in [-0.05, 0) is 39.3 Å². The summed E-state index contributed by atoms with van der Waals surface area (Å²) in [6, 6.07) is 7.89. The van der Waals surface area contributed by atoms with Crippen LogP contribution < -0.4 is 5.32 Å². The van der Waals surface area contributed by atoms with Crippen molar-refractivity contribution in [3.05, 3.63) is 47.3 Å². The highest BCUT2D eigenvalue weighted by Gasteiger charge is 2.28. The third-order valence-corrected chi connectivity index (χ3v) is 4.00. The molecule has 0 saturated heterocycles. The molecule has 1 aromatic heterocycles. The van der Waals surface area contributed by atoms with E-state index in [1.54, 1.807) is 18.5 Å². The number of carboxylic acid groups (broad SMARTS) is 1. The fourth-order valence-corrected chi connectivity index (χ4v) is 2.28. The average Bonchev–Trinajstić information content (AvgIpc) is 2.97. The number of nitrogens with one attached hydrogen (secondary N) is 1. The molecule has 0 atom stereocenters. The Labute approximate surface area is 141 Å². The molecule has 24 heavy (non-hydrogen) atoms. The molecular formula is C18H23N3O3. The van der Waals surface area contributed by atoms with E-state index in [0.717, 1.165) is 16.9 Å². The lowest BCUT2D eigenvalue weighted by Gasteiger charge is -2.19. The first kappa shape index (κ1) is 17.7. The molecule has 2 aromatic rings. The predicted molar refractivity (Wildman–Crippen MR) is 91.4 cm³/mol. The van der Waals surface area contributed by atoms with E-state index < -0.39 is 11.4 Å². The number of carbonyl (C=O) groups excluding carboxylic acids is 1. The van der Waals surface area contributed by atoms with Crippen LogP contribution in [0.15, 0.2) is 30.5 Å². The van der Waals surface area contributed by atoms with Crippen molar-refractivity contribution in [3.63, 3.8) is 0 Å². The number of benzene rings is 1. The summed E-state index contributed by atoms with van der Waals surface area (Å²) in [4.78, 5) is 23.6. The van der Waals surface area contributed by atoms with Crippen molar-refractivity contribution >= 4 is 11.9 Å². The summed E-state index contributed by atoms with van der Waals surface area (Å²) in [6.07, 6.45) is 2.17. The molecule has 1 amide bonds. The Bertz CT molecular complexity index is 745. The third kappa shape index (κ3) is 3.64. The average molecular weight is 329 g/mol. The first-order valence-corrected chi connectivity index (χ1v) is 7.92. The van der Waals surface area contributed by atoms with Crippen LogP contribution in [0, 0.1) is 12.3 Å². The van der Waals surface area contributed by atoms with Gasteiger partial charge in [-0.15, -0.1) is 0 Å². The highest BCUT2D eigenvalue weighted by molar-refractivity contribution is 5.95. The standard InChI is InChI=1S/C18H23N3O3/c1-5-15-14(16(22)19-11-18(3,4)17(23)24)10-20-21(15)13-8-6-12(2)7-9-13/h6-10H,5,11H2,1-4H3,(H,19,22)(H,23,24). The van der Waals surface area contributed by atoms with Crippen LogP contribution in [0.2, 0.25) is 0 Å². The highest BCUT2D eigenvalue weighted by atomic mass is 16.4. The summed E-state index contributed by atoms with van der Waals surface area (Å²) in [5.74, 6) is -1.26. The van der Waals surface area contributed by atoms with E-state index in [2.05, 4.69) is 10.4 Å². The number of carboxylic acids is 1. The zero-order valence-electron chi connectivity index (χ0n) is 14.5. The van der Waals surface area contributed by atoms with E-state index in [1.165, 1.54) is 6.20 Å². The van der Waals surface area contributed by atoms with Gasteiger partial charge in [0.15, 0.2) is 0 Å². The lowest BCUT2D eigenvalue weighted by Crippen LogP contribution is -2.39. The van der Waals surface area contributed by atoms with Gasteiger partial charge < -0.3 is 10.4 Å². The minimum absolute atomic E-state index is 0.0556. The molecule has 0 unspecified atom stereocenters. The molecule has 1 heterocycles. The van der Waals surface area contributed by atoms with E-state index in [1.807, 2.05) is 38.1 Å². The maximum absolute atomic E-state index is 12.4. The number of hydrogen-bond acceptors (Lipinski definition) is 3. The van der Waals surface area contributed by atoms with Crippen LogP contribution in [-0.2, 0) is 11.2 Å². The minimum Gasteiger partial charge on any atom is -0.481 e. The quantitative estimate of drug-likeness (QED) is 0.853. The minimum atomic E-state index is -1.02. The molecule has 0 radical (unpaired) electrons. The van der Waals surface area contributed by atoms with E-state index in [9.17, 15) is 9.59 Å². The second-order valence-corrected chi connectivity index (χ2v) is 6.48. The van der Waals surface area contributed by atoms with Gasteiger partial charge in [0, 0.05) is 6.54 Å². The van der Waals surface area contributed by atoms with Crippen LogP contribution in [-0.4, -0.2) is 33.3 Å². The fraction of sp³-hybridized carbons (Fsp3) is 0.389. The molecule has 0 aliphatic heterocycles. The monoisotopic (exact) mass is 329 g/mol. The first-order chi connectivity index (χ1) is 11.3. The van der Waals surface area contributed by atoms with Gasteiger partial charge in [0.2, 0.25) is 0 Å². The van der Waals surface area contributed by atoms with Crippen molar-refractivity contribution in [3.8, 4) is 5.69 Å². The zero-order chi connectivity index (χ0) is 17.9. The molecule has 0 fully saturated rings. The van der Waals surface area contributed by atoms with E-state index in [0.29, 0.717) is 12.0 Å². The lowest BCUT2D eigenvalue weighted by molar-refractivity contribution is -0.146.